The zero-order valence-electron chi connectivity index (χ0n) is 62.9. The molecule has 1 saturated carbocycles. The topological polar surface area (TPSA) is 326 Å². The Bertz CT molecular complexity index is 4860. The number of carbonyl (C=O) groups is 8. The minimum absolute atomic E-state index is 0. The van der Waals surface area contributed by atoms with Crippen LogP contribution in [-0.4, -0.2) is 207 Å². The van der Waals surface area contributed by atoms with Crippen LogP contribution in [0.4, 0.5) is 37.7 Å². The van der Waals surface area contributed by atoms with Gasteiger partial charge in [0.1, 0.15) is 76.4 Å². The Labute approximate surface area is 652 Å². The molecule has 8 aromatic rings. The number of fused-ring (bicyclic) bond motifs is 4. The zero-order valence-corrected chi connectivity index (χ0v) is 62.9. The number of rotatable bonds is 28. The predicted molar refractivity (Wildman–Crippen MR) is 404 cm³/mol. The van der Waals surface area contributed by atoms with Crippen molar-refractivity contribution in [1.29, 1.82) is 0 Å². The third-order valence-corrected chi connectivity index (χ3v) is 20.1. The van der Waals surface area contributed by atoms with Gasteiger partial charge in [0.25, 0.3) is 23.6 Å². The highest BCUT2D eigenvalue weighted by atomic mass is 19.4. The van der Waals surface area contributed by atoms with Crippen LogP contribution < -0.4 is 35.3 Å². The molecule has 34 heteroatoms. The van der Waals surface area contributed by atoms with E-state index >= 15 is 0 Å². The van der Waals surface area contributed by atoms with Gasteiger partial charge >= 0.3 is 18.3 Å². The van der Waals surface area contributed by atoms with Gasteiger partial charge in [-0.25, -0.2) is 9.97 Å². The number of halogens is 6. The summed E-state index contributed by atoms with van der Waals surface area (Å²) >= 11 is 0. The Hall–Kier alpha value is -11.1. The second-order valence-corrected chi connectivity index (χ2v) is 29.0. The first kappa shape index (κ1) is 83.8. The van der Waals surface area contributed by atoms with Gasteiger partial charge in [-0.2, -0.15) is 36.5 Å². The molecule has 1 aliphatic carbocycles. The first-order chi connectivity index (χ1) is 53.9. The van der Waals surface area contributed by atoms with Crippen LogP contribution in [0, 0.1) is 0 Å². The Balaban J connectivity index is 0.000000224. The number of ether oxygens (including phenoxy) is 7. The summed E-state index contributed by atoms with van der Waals surface area (Å²) in [6.07, 6.45) is -1.56. The second-order valence-electron chi connectivity index (χ2n) is 29.0. The van der Waals surface area contributed by atoms with E-state index in [2.05, 4.69) is 30.4 Å². The molecule has 28 nitrogen and oxygen atoms in total. The highest BCUT2D eigenvalue weighted by Gasteiger charge is 2.41. The van der Waals surface area contributed by atoms with Gasteiger partial charge in [-0.15, -0.1) is 0 Å². The number of nitrogens with zero attached hydrogens (tertiary/aromatic N) is 10. The van der Waals surface area contributed by atoms with Crippen LogP contribution in [0.2, 0.25) is 0 Å². The van der Waals surface area contributed by atoms with Crippen molar-refractivity contribution in [1.82, 2.24) is 49.1 Å². The van der Waals surface area contributed by atoms with Crippen molar-refractivity contribution in [2.45, 2.75) is 141 Å². The largest absolute Gasteiger partial charge is 0.494 e. The van der Waals surface area contributed by atoms with E-state index in [-0.39, 0.29) is 91.5 Å². The number of anilines is 2. The molecule has 4 aliphatic heterocycles. The molecule has 4 aromatic heterocycles. The van der Waals surface area contributed by atoms with Crippen molar-refractivity contribution in [3.8, 4) is 23.0 Å². The number of nitrogens with one attached hydrogen (secondary N) is 2. The molecule has 0 spiro atoms. The van der Waals surface area contributed by atoms with E-state index in [1.54, 1.807) is 80.3 Å². The number of primary amides is 1. The molecule has 0 bridgehead atoms. The predicted octanol–water partition coefficient (Wildman–Crippen LogP) is 11.1. The minimum Gasteiger partial charge on any atom is -0.494 e. The smallest absolute Gasteiger partial charge is 0.433 e. The molecule has 3 fully saturated rings. The summed E-state index contributed by atoms with van der Waals surface area (Å²) < 4.78 is 122. The van der Waals surface area contributed by atoms with E-state index in [4.69, 9.17) is 49.1 Å². The molecule has 4 aromatic carbocycles. The maximum absolute atomic E-state index is 13.1. The van der Waals surface area contributed by atoms with Gasteiger partial charge < -0.3 is 69.1 Å². The molecule has 2 unspecified atom stereocenters. The van der Waals surface area contributed by atoms with Crippen LogP contribution in [0.25, 0.3) is 21.8 Å². The number of likely N-dealkylation sites (tertiary alicyclic amines) is 2. The number of nitrogens with two attached hydrogens (primary N) is 1. The molecular weight excluding hydrogens is 1500 g/mol. The number of Topliss-reactive ketones (excluding diaryl/α,β-unsaturated/α-hetero) is 2. The third kappa shape index (κ3) is 20.8. The number of carbonyl (C=O) groups excluding carboxylic acids is 8. The molecule has 4 N–H and O–H groups in total. The molecular formula is C80H91F6N13O15. The summed E-state index contributed by atoms with van der Waals surface area (Å²) in [5.74, 6) is -1.73. The molecule has 608 valence electrons. The fourth-order valence-corrected chi connectivity index (χ4v) is 14.3. The van der Waals surface area contributed by atoms with Crippen LogP contribution in [0.15, 0.2) is 109 Å². The fourth-order valence-electron chi connectivity index (χ4n) is 14.3. The lowest BCUT2D eigenvalue weighted by atomic mass is 9.92. The first-order valence-electron chi connectivity index (χ1n) is 37.1. The highest BCUT2D eigenvalue weighted by molar-refractivity contribution is 6.08. The Morgan fingerprint density at radius 2 is 1.06 bits per heavy atom. The van der Waals surface area contributed by atoms with Gasteiger partial charge in [-0.1, -0.05) is 19.6 Å². The first-order valence-corrected chi connectivity index (χ1v) is 37.1. The molecule has 8 heterocycles. The number of hydrogen-bond donors (Lipinski definition) is 3. The Kier molecular flexibility index (Phi) is 26.7. The van der Waals surface area contributed by atoms with Crippen LogP contribution >= 0.6 is 0 Å². The molecule has 13 rings (SSSR count). The summed E-state index contributed by atoms with van der Waals surface area (Å²) in [7, 11) is 2.86. The van der Waals surface area contributed by atoms with Gasteiger partial charge in [-0.3, -0.25) is 47.7 Å². The average Bonchev–Trinajstić information content (AvgIpc) is 1.63. The van der Waals surface area contributed by atoms with Gasteiger partial charge in [0.05, 0.1) is 87.6 Å². The number of piperidine rings is 2. The number of esters is 1. The highest BCUT2D eigenvalue weighted by Crippen LogP contribution is 2.38. The molecule has 2 atom stereocenters. The lowest BCUT2D eigenvalue weighted by Gasteiger charge is -2.31. The summed E-state index contributed by atoms with van der Waals surface area (Å²) in [5, 5.41) is 16.2. The Morgan fingerprint density at radius 1 is 0.588 bits per heavy atom. The van der Waals surface area contributed by atoms with Gasteiger partial charge in [-0.05, 0) is 143 Å². The molecule has 2 saturated heterocycles. The van der Waals surface area contributed by atoms with Crippen molar-refractivity contribution in [3.05, 3.63) is 154 Å². The van der Waals surface area contributed by atoms with Crippen molar-refractivity contribution in [3.63, 3.8) is 0 Å². The number of hydrogen-bond acceptors (Lipinski definition) is 21. The number of ketones is 2. The summed E-state index contributed by atoms with van der Waals surface area (Å²) in [6, 6.07) is 22.2. The van der Waals surface area contributed by atoms with E-state index < -0.39 is 65.1 Å². The number of pyridine rings is 2. The third-order valence-electron chi connectivity index (χ3n) is 20.1. The van der Waals surface area contributed by atoms with Crippen molar-refractivity contribution in [2.75, 3.05) is 104 Å². The quantitative estimate of drug-likeness (QED) is 0.0177. The fraction of sp³-hybridized carbons (Fsp3) is 0.450. The SMILES string of the molecule is C.COc1cc2nn(C3CCN(CCOCCOc4ccc5c(c4)CN(C(CCC(=O)OC(C)(C)C)C(N)=O)C5=O)CC3)cc2cc1NC(=O)c1cccc(C(F)(F)F)n1.COc1cc2nn(C3CCN(CCOCCOc4ccc5c(c4)CN(C4CCC(=O)CC4=O)C5=O)CC3)cc2cc1NC(=O)c1cccc(C(F)(F)F)n1. The molecule has 0 radical (unpaired) electrons. The van der Waals surface area contributed by atoms with E-state index in [9.17, 15) is 64.7 Å². The molecule has 5 amide bonds. The van der Waals surface area contributed by atoms with Crippen molar-refractivity contribution < 1.29 is 97.9 Å². The number of amides is 5. The van der Waals surface area contributed by atoms with Crippen molar-refractivity contribution in [2.24, 2.45) is 5.73 Å². The van der Waals surface area contributed by atoms with E-state index in [1.807, 2.05) is 27.8 Å². The second kappa shape index (κ2) is 36.4. The lowest BCUT2D eigenvalue weighted by Crippen LogP contribution is -2.45. The number of alkyl halides is 6. The minimum atomic E-state index is -4.68. The monoisotopic (exact) mass is 1590 g/mol. The molecule has 5 aliphatic rings. The van der Waals surface area contributed by atoms with Gasteiger partial charge in [0.15, 0.2) is 5.78 Å². The molecule has 114 heavy (non-hydrogen) atoms. The average molecular weight is 1590 g/mol. The normalized spacial score (nSPS) is 16.7. The van der Waals surface area contributed by atoms with Crippen molar-refractivity contribution >= 4 is 80.3 Å². The van der Waals surface area contributed by atoms with E-state index in [0.29, 0.717) is 110 Å². The van der Waals surface area contributed by atoms with Crippen LogP contribution in [0.5, 0.6) is 23.0 Å². The standard InChI is InChI=1S/C41H48F3N7O8.C38H39F3N6O7.CH4/c1-40(2,3)59-36(52)11-10-33(37(45)53)50-23-25-20-28(8-9-29(25)39(50)55)58-19-18-57-17-16-49-14-12-27(13-15-49)51-24-26-21-32(34(56-4)22-31(26)48-51)47-38(54)30-6-5-7-35(46-30)41(42,43)44;1-52-34-20-30-24(18-31(34)43-36(50)29-3-2-4-35(42-29)38(39,40)41)22-47(44-30)25-9-11-45(12-10-25)13-14-53-15-16-54-27-6-7-28-23(17-27)21-46(37(28)51)32-8-5-26(48)19-33(32)49;/h5-9,20-22,24,27,33H,10-19,23H2,1-4H3,(H2,45,53)(H,47,54);2-4,6-7,17-18,20,22,25,32H,5,8-16,19,21H2,1H3,(H,43,50);1H4. The van der Waals surface area contributed by atoms with E-state index in [0.717, 1.165) is 106 Å². The summed E-state index contributed by atoms with van der Waals surface area (Å²) in [4.78, 5) is 115. The number of benzene rings is 4. The van der Waals surface area contributed by atoms with Crippen LogP contribution in [0.1, 0.15) is 162 Å². The number of aromatic nitrogens is 6. The zero-order chi connectivity index (χ0) is 80.5. The Morgan fingerprint density at radius 3 is 1.51 bits per heavy atom. The maximum atomic E-state index is 13.1. The summed E-state index contributed by atoms with van der Waals surface area (Å²) in [5.41, 5.74) is 6.31. The lowest BCUT2D eigenvalue weighted by molar-refractivity contribution is -0.155. The van der Waals surface area contributed by atoms with Gasteiger partial charge in [0, 0.05) is 112 Å². The number of methoxy groups -OCH3 is 2. The maximum Gasteiger partial charge on any atom is 0.433 e. The van der Waals surface area contributed by atoms with Crippen LogP contribution in [0.3, 0.4) is 0 Å². The van der Waals surface area contributed by atoms with Crippen LogP contribution in [-0.2, 0) is 58.8 Å². The van der Waals surface area contributed by atoms with Gasteiger partial charge in [0.2, 0.25) is 5.91 Å². The van der Waals surface area contributed by atoms with E-state index in [1.165, 1.54) is 31.3 Å². The summed E-state index contributed by atoms with van der Waals surface area (Å²) in [6.45, 7) is 13.0.